The minimum absolute atomic E-state index is 0.599. The normalized spacial score (nSPS) is 10.8. The van der Waals surface area contributed by atoms with Crippen LogP contribution in [0.3, 0.4) is 0 Å². The Morgan fingerprint density at radius 2 is 1.83 bits per heavy atom. The van der Waals surface area contributed by atoms with Crippen molar-refractivity contribution in [3.8, 4) is 17.3 Å². The number of pyridine rings is 2. The van der Waals surface area contributed by atoms with Crippen LogP contribution in [0, 0.1) is 0 Å². The number of aromatic nitrogens is 4. The van der Waals surface area contributed by atoms with Crippen LogP contribution >= 0.6 is 0 Å². The van der Waals surface area contributed by atoms with Gasteiger partial charge in [0.05, 0.1) is 6.61 Å². The first kappa shape index (κ1) is 18.8. The van der Waals surface area contributed by atoms with Crippen molar-refractivity contribution in [1.29, 1.82) is 0 Å². The molecule has 3 heterocycles. The first-order valence-electron chi connectivity index (χ1n) is 9.83. The zero-order chi connectivity index (χ0) is 19.9. The van der Waals surface area contributed by atoms with Gasteiger partial charge in [-0.1, -0.05) is 31.2 Å². The van der Waals surface area contributed by atoms with Gasteiger partial charge in [0.25, 0.3) is 0 Å². The number of anilines is 1. The van der Waals surface area contributed by atoms with E-state index in [0.717, 1.165) is 53.2 Å². The third-order valence-corrected chi connectivity index (χ3v) is 4.52. The number of aryl methyl sites for hydroxylation is 1. The lowest BCUT2D eigenvalue weighted by Gasteiger charge is -2.11. The van der Waals surface area contributed by atoms with Crippen molar-refractivity contribution in [1.82, 2.24) is 19.9 Å². The number of nitrogens with zero attached hydrogens (tertiary/aromatic N) is 4. The number of benzene rings is 1. The molecule has 0 spiro atoms. The number of hydrogen-bond donors (Lipinski definition) is 1. The molecule has 0 radical (unpaired) electrons. The molecule has 1 N–H and O–H groups in total. The second kappa shape index (κ2) is 9.10. The summed E-state index contributed by atoms with van der Waals surface area (Å²) in [6.07, 6.45) is 5.22. The predicted molar refractivity (Wildman–Crippen MR) is 115 cm³/mol. The molecule has 0 saturated carbocycles. The van der Waals surface area contributed by atoms with Crippen LogP contribution in [0.5, 0.6) is 5.75 Å². The lowest BCUT2D eigenvalue weighted by Crippen LogP contribution is -2.10. The smallest absolute Gasteiger partial charge is 0.180 e. The highest BCUT2D eigenvalue weighted by Crippen LogP contribution is 2.23. The monoisotopic (exact) mass is 385 g/mol. The molecule has 6 nitrogen and oxygen atoms in total. The maximum Gasteiger partial charge on any atom is 0.180 e. The van der Waals surface area contributed by atoms with Gasteiger partial charge in [0.1, 0.15) is 22.8 Å². The van der Waals surface area contributed by atoms with Crippen molar-refractivity contribution in [3.63, 3.8) is 0 Å². The summed E-state index contributed by atoms with van der Waals surface area (Å²) in [7, 11) is 0. The highest BCUT2D eigenvalue weighted by Gasteiger charge is 2.07. The van der Waals surface area contributed by atoms with E-state index in [1.807, 2.05) is 54.6 Å². The fourth-order valence-corrected chi connectivity index (χ4v) is 3.04. The van der Waals surface area contributed by atoms with Crippen LogP contribution in [-0.4, -0.2) is 33.1 Å². The van der Waals surface area contributed by atoms with Crippen LogP contribution in [0.15, 0.2) is 67.0 Å². The number of para-hydroxylation sites is 1. The molecule has 0 saturated heterocycles. The molecule has 146 valence electrons. The third-order valence-electron chi connectivity index (χ3n) is 4.52. The summed E-state index contributed by atoms with van der Waals surface area (Å²) in [5.74, 6) is 2.27. The Kier molecular flexibility index (Phi) is 5.90. The van der Waals surface area contributed by atoms with Crippen molar-refractivity contribution in [2.24, 2.45) is 0 Å². The molecule has 1 aromatic carbocycles. The van der Waals surface area contributed by atoms with Gasteiger partial charge in [-0.3, -0.25) is 9.97 Å². The largest absolute Gasteiger partial charge is 0.491 e. The van der Waals surface area contributed by atoms with Gasteiger partial charge < -0.3 is 10.1 Å². The molecule has 0 aliphatic rings. The van der Waals surface area contributed by atoms with Gasteiger partial charge in [-0.05, 0) is 37.1 Å². The molecule has 6 heteroatoms. The van der Waals surface area contributed by atoms with E-state index >= 15 is 0 Å². The van der Waals surface area contributed by atoms with Gasteiger partial charge in [0.2, 0.25) is 0 Å². The lowest BCUT2D eigenvalue weighted by molar-refractivity contribution is 0.318. The van der Waals surface area contributed by atoms with E-state index in [2.05, 4.69) is 32.2 Å². The predicted octanol–water partition coefficient (Wildman–Crippen LogP) is 4.53. The van der Waals surface area contributed by atoms with E-state index in [1.165, 1.54) is 0 Å². The Morgan fingerprint density at radius 1 is 0.931 bits per heavy atom. The van der Waals surface area contributed by atoms with Crippen LogP contribution < -0.4 is 10.1 Å². The maximum atomic E-state index is 5.95. The number of rotatable bonds is 8. The first-order valence-corrected chi connectivity index (χ1v) is 9.83. The van der Waals surface area contributed by atoms with Crippen molar-refractivity contribution in [3.05, 3.63) is 72.7 Å². The summed E-state index contributed by atoms with van der Waals surface area (Å²) in [6, 6.07) is 17.7. The molecule has 4 rings (SSSR count). The van der Waals surface area contributed by atoms with E-state index in [9.17, 15) is 0 Å². The quantitative estimate of drug-likeness (QED) is 0.449. The fraction of sp³-hybridized carbons (Fsp3) is 0.217. The van der Waals surface area contributed by atoms with E-state index in [1.54, 1.807) is 12.4 Å². The minimum Gasteiger partial charge on any atom is -0.491 e. The molecule has 0 bridgehead atoms. The van der Waals surface area contributed by atoms with Gasteiger partial charge >= 0.3 is 0 Å². The molecular weight excluding hydrogens is 362 g/mol. The van der Waals surface area contributed by atoms with E-state index in [-0.39, 0.29) is 0 Å². The summed E-state index contributed by atoms with van der Waals surface area (Å²) in [6.45, 7) is 3.43. The van der Waals surface area contributed by atoms with Gasteiger partial charge in [-0.25, -0.2) is 9.97 Å². The van der Waals surface area contributed by atoms with Crippen LogP contribution in [-0.2, 0) is 6.42 Å². The summed E-state index contributed by atoms with van der Waals surface area (Å²) < 4.78 is 5.95. The molecule has 0 amide bonds. The van der Waals surface area contributed by atoms with Gasteiger partial charge in [-0.2, -0.15) is 0 Å². The number of fused-ring (bicyclic) bond motifs is 1. The number of nitrogens with one attached hydrogen (secondary N) is 1. The zero-order valence-electron chi connectivity index (χ0n) is 16.4. The van der Waals surface area contributed by atoms with Crippen LogP contribution in [0.1, 0.15) is 19.0 Å². The summed E-state index contributed by atoms with van der Waals surface area (Å²) in [4.78, 5) is 18.0. The van der Waals surface area contributed by atoms with E-state index in [0.29, 0.717) is 12.4 Å². The summed E-state index contributed by atoms with van der Waals surface area (Å²) in [5.41, 5.74) is 2.66. The molecule has 0 unspecified atom stereocenters. The molecule has 0 atom stereocenters. The maximum absolute atomic E-state index is 5.95. The minimum atomic E-state index is 0.599. The molecule has 4 aromatic rings. The second-order valence-corrected chi connectivity index (χ2v) is 6.60. The van der Waals surface area contributed by atoms with Crippen LogP contribution in [0.25, 0.3) is 22.4 Å². The van der Waals surface area contributed by atoms with Gasteiger partial charge in [-0.15, -0.1) is 0 Å². The Morgan fingerprint density at radius 3 is 2.69 bits per heavy atom. The third kappa shape index (κ3) is 4.66. The molecular formula is C23H23N5O. The summed E-state index contributed by atoms with van der Waals surface area (Å²) in [5, 5.41) is 4.46. The second-order valence-electron chi connectivity index (χ2n) is 6.60. The highest BCUT2D eigenvalue weighted by atomic mass is 16.5. The Labute approximate surface area is 170 Å². The highest BCUT2D eigenvalue weighted by molar-refractivity contribution is 5.84. The van der Waals surface area contributed by atoms with Crippen LogP contribution in [0.2, 0.25) is 0 Å². The number of hydrogen-bond acceptors (Lipinski definition) is 6. The SMILES string of the molecule is CCc1cc(NCCCOc2cccc3cccnc23)nc(-c2ccccn2)n1. The summed E-state index contributed by atoms with van der Waals surface area (Å²) >= 11 is 0. The van der Waals surface area contributed by atoms with Crippen molar-refractivity contribution >= 4 is 16.7 Å². The lowest BCUT2D eigenvalue weighted by atomic mass is 10.2. The van der Waals surface area contributed by atoms with Crippen molar-refractivity contribution in [2.45, 2.75) is 19.8 Å². The van der Waals surface area contributed by atoms with Crippen molar-refractivity contribution in [2.75, 3.05) is 18.5 Å². The Balaban J connectivity index is 1.36. The Hall–Kier alpha value is -3.54. The molecule has 3 aromatic heterocycles. The molecule has 0 aliphatic carbocycles. The van der Waals surface area contributed by atoms with E-state index in [4.69, 9.17) is 4.74 Å². The van der Waals surface area contributed by atoms with E-state index < -0.39 is 0 Å². The molecule has 0 fully saturated rings. The fourth-order valence-electron chi connectivity index (χ4n) is 3.04. The topological polar surface area (TPSA) is 72.8 Å². The van der Waals surface area contributed by atoms with Crippen LogP contribution in [0.4, 0.5) is 5.82 Å². The van der Waals surface area contributed by atoms with Crippen molar-refractivity contribution < 1.29 is 4.74 Å². The zero-order valence-corrected chi connectivity index (χ0v) is 16.4. The Bertz CT molecular complexity index is 1080. The van der Waals surface area contributed by atoms with Gasteiger partial charge in [0.15, 0.2) is 5.82 Å². The van der Waals surface area contributed by atoms with Gasteiger partial charge in [0, 0.05) is 36.1 Å². The number of ether oxygens (including phenoxy) is 1. The molecule has 0 aliphatic heterocycles. The average Bonchev–Trinajstić information content (AvgIpc) is 2.79. The first-order chi connectivity index (χ1) is 14.3. The average molecular weight is 385 g/mol. The molecule has 29 heavy (non-hydrogen) atoms. The standard InChI is InChI=1S/C23H23N5O/c1-2-18-16-21(28-23(27-18)19-10-3-4-12-24-19)25-14-7-15-29-20-11-5-8-17-9-6-13-26-22(17)20/h3-6,8-13,16H,2,7,14-15H2,1H3,(H,25,27,28).